The average molecular weight is 512 g/mol. The minimum atomic E-state index is -4.67. The Morgan fingerprint density at radius 2 is 1.03 bits per heavy atom. The van der Waals surface area contributed by atoms with E-state index in [9.17, 15) is 31.1 Å². The zero-order valence-corrected chi connectivity index (χ0v) is 19.1. The summed E-state index contributed by atoms with van der Waals surface area (Å²) in [5.41, 5.74) is -0.932. The third-order valence-electron chi connectivity index (χ3n) is 6.62. The van der Waals surface area contributed by atoms with Gasteiger partial charge in [0.1, 0.15) is 11.4 Å². The molecule has 1 aliphatic carbocycles. The highest BCUT2D eigenvalue weighted by Crippen LogP contribution is 2.46. The van der Waals surface area contributed by atoms with Crippen LogP contribution >= 0.6 is 0 Å². The van der Waals surface area contributed by atoms with Crippen LogP contribution in [0.5, 0.6) is 0 Å². The van der Waals surface area contributed by atoms with E-state index in [1.165, 1.54) is 12.1 Å². The topological polar surface area (TPSA) is 42.9 Å². The van der Waals surface area contributed by atoms with Crippen LogP contribution in [0.3, 0.4) is 0 Å². The summed E-state index contributed by atoms with van der Waals surface area (Å²) in [4.78, 5) is 20.2. The number of benzene rings is 2. The molecule has 37 heavy (non-hydrogen) atoms. The monoisotopic (exact) mass is 512 g/mol. The zero-order chi connectivity index (χ0) is 26.4. The molecule has 0 spiro atoms. The quantitative estimate of drug-likeness (QED) is 0.282. The predicted molar refractivity (Wildman–Crippen MR) is 123 cm³/mol. The second-order valence-electron chi connectivity index (χ2n) is 8.95. The van der Waals surface area contributed by atoms with Crippen molar-refractivity contribution in [2.24, 2.45) is 0 Å². The van der Waals surface area contributed by atoms with Crippen molar-refractivity contribution in [3.8, 4) is 0 Å². The third kappa shape index (κ3) is 4.50. The molecule has 0 saturated carbocycles. The first kappa shape index (κ1) is 24.7. The normalized spacial score (nSPS) is 14.7. The van der Waals surface area contributed by atoms with Gasteiger partial charge in [-0.2, -0.15) is 26.3 Å². The van der Waals surface area contributed by atoms with E-state index in [4.69, 9.17) is 0 Å². The van der Waals surface area contributed by atoms with Gasteiger partial charge in [0.25, 0.3) is 0 Å². The standard InChI is InChI=1S/C28H18F6N2O/c29-27(30,31)23-13-17(9-11-35-23)15-26(16-18-10-12-36-24(14-18)28(32,33)34)21-7-3-1-5-19(21)25(37)20-6-2-4-8-22(20)26/h1-14H,15-16H2. The number of halogens is 6. The molecule has 0 radical (unpaired) electrons. The van der Waals surface area contributed by atoms with Crippen molar-refractivity contribution in [2.75, 3.05) is 0 Å². The van der Waals surface area contributed by atoms with Gasteiger partial charge in [0.15, 0.2) is 5.78 Å². The van der Waals surface area contributed by atoms with E-state index in [1.54, 1.807) is 48.5 Å². The molecule has 188 valence electrons. The van der Waals surface area contributed by atoms with Gasteiger partial charge in [-0.3, -0.25) is 14.8 Å². The van der Waals surface area contributed by atoms with Crippen LogP contribution in [0.1, 0.15) is 49.6 Å². The summed E-state index contributed by atoms with van der Waals surface area (Å²) in [6.45, 7) is 0. The summed E-state index contributed by atoms with van der Waals surface area (Å²) in [6.07, 6.45) is -7.24. The first-order chi connectivity index (χ1) is 17.5. The lowest BCUT2D eigenvalue weighted by Gasteiger charge is -2.41. The van der Waals surface area contributed by atoms with Gasteiger partial charge < -0.3 is 0 Å². The molecule has 0 unspecified atom stereocenters. The molecule has 0 saturated heterocycles. The molecule has 3 nitrogen and oxygen atoms in total. The van der Waals surface area contributed by atoms with Crippen LogP contribution in [0.25, 0.3) is 0 Å². The first-order valence-electron chi connectivity index (χ1n) is 11.3. The van der Waals surface area contributed by atoms with Crippen molar-refractivity contribution in [3.05, 3.63) is 130 Å². The van der Waals surface area contributed by atoms with Gasteiger partial charge in [-0.15, -0.1) is 0 Å². The van der Waals surface area contributed by atoms with Crippen molar-refractivity contribution in [3.63, 3.8) is 0 Å². The summed E-state index contributed by atoms with van der Waals surface area (Å²) in [5, 5.41) is 0. The van der Waals surface area contributed by atoms with Crippen LogP contribution in [0, 0.1) is 0 Å². The predicted octanol–water partition coefficient (Wildman–Crippen LogP) is 6.83. The molecule has 0 fully saturated rings. The lowest BCUT2D eigenvalue weighted by molar-refractivity contribution is -0.142. The first-order valence-corrected chi connectivity index (χ1v) is 11.3. The molecule has 5 rings (SSSR count). The maximum atomic E-state index is 13.5. The second-order valence-corrected chi connectivity index (χ2v) is 8.95. The number of alkyl halides is 6. The summed E-state index contributed by atoms with van der Waals surface area (Å²) >= 11 is 0. The lowest BCUT2D eigenvalue weighted by atomic mass is 9.61. The largest absolute Gasteiger partial charge is 0.433 e. The number of carbonyl (C=O) groups excluding carboxylic acids is 1. The van der Waals surface area contributed by atoms with E-state index in [1.807, 2.05) is 0 Å². The van der Waals surface area contributed by atoms with E-state index >= 15 is 0 Å². The van der Waals surface area contributed by atoms with Crippen LogP contribution in [0.15, 0.2) is 85.2 Å². The number of hydrogen-bond acceptors (Lipinski definition) is 3. The number of nitrogens with zero attached hydrogens (tertiary/aromatic N) is 2. The summed E-state index contributed by atoms with van der Waals surface area (Å²) in [5.74, 6) is -0.252. The van der Waals surface area contributed by atoms with Gasteiger partial charge in [0, 0.05) is 28.9 Å². The van der Waals surface area contributed by atoms with Crippen LogP contribution in [-0.4, -0.2) is 15.8 Å². The molecule has 0 atom stereocenters. The van der Waals surface area contributed by atoms with Crippen LogP contribution in [0.4, 0.5) is 26.3 Å². The number of fused-ring (bicyclic) bond motifs is 2. The number of carbonyl (C=O) groups is 1. The molecular weight excluding hydrogens is 494 g/mol. The van der Waals surface area contributed by atoms with E-state index in [2.05, 4.69) is 9.97 Å². The highest BCUT2D eigenvalue weighted by Gasteiger charge is 2.44. The minimum Gasteiger partial charge on any atom is -0.289 e. The number of ketones is 1. The summed E-state index contributed by atoms with van der Waals surface area (Å²) in [7, 11) is 0. The van der Waals surface area contributed by atoms with Crippen LogP contribution in [0.2, 0.25) is 0 Å². The third-order valence-corrected chi connectivity index (χ3v) is 6.62. The summed E-state index contributed by atoms with van der Waals surface area (Å²) in [6, 6.07) is 18.2. The van der Waals surface area contributed by atoms with Crippen molar-refractivity contribution in [1.29, 1.82) is 0 Å². The smallest absolute Gasteiger partial charge is 0.289 e. The Morgan fingerprint density at radius 1 is 0.622 bits per heavy atom. The Hall–Kier alpha value is -4.01. The molecule has 2 aromatic heterocycles. The second kappa shape index (κ2) is 8.83. The fourth-order valence-electron chi connectivity index (χ4n) is 5.11. The van der Waals surface area contributed by atoms with Gasteiger partial charge in [-0.25, -0.2) is 0 Å². The molecule has 0 amide bonds. The highest BCUT2D eigenvalue weighted by molar-refractivity contribution is 6.13. The Bertz CT molecular complexity index is 1380. The Balaban J connectivity index is 1.75. The molecular formula is C28H18F6N2O. The van der Waals surface area contributed by atoms with Crippen molar-refractivity contribution < 1.29 is 31.1 Å². The van der Waals surface area contributed by atoms with E-state index in [0.717, 1.165) is 24.5 Å². The van der Waals surface area contributed by atoms with E-state index in [-0.39, 0.29) is 29.8 Å². The fraction of sp³-hybridized carbons (Fsp3) is 0.179. The van der Waals surface area contributed by atoms with Gasteiger partial charge in [0.2, 0.25) is 0 Å². The molecule has 4 aromatic rings. The van der Waals surface area contributed by atoms with E-state index < -0.39 is 29.2 Å². The van der Waals surface area contributed by atoms with Crippen LogP contribution < -0.4 is 0 Å². The van der Waals surface area contributed by atoms with Gasteiger partial charge in [-0.05, 0) is 59.4 Å². The minimum absolute atomic E-state index is 0.0103. The number of aromatic nitrogens is 2. The molecule has 9 heteroatoms. The van der Waals surface area contributed by atoms with Crippen LogP contribution in [-0.2, 0) is 30.6 Å². The Morgan fingerprint density at radius 3 is 1.43 bits per heavy atom. The molecule has 0 aliphatic heterocycles. The Labute approximate surface area is 207 Å². The molecule has 1 aliphatic rings. The summed E-state index contributed by atoms with van der Waals surface area (Å²) < 4.78 is 80.7. The van der Waals surface area contributed by atoms with Gasteiger partial charge in [-0.1, -0.05) is 48.5 Å². The molecule has 0 N–H and O–H groups in total. The van der Waals surface area contributed by atoms with Crippen molar-refractivity contribution in [2.45, 2.75) is 30.6 Å². The number of hydrogen-bond donors (Lipinski definition) is 0. The molecule has 2 aromatic carbocycles. The number of pyridine rings is 2. The van der Waals surface area contributed by atoms with Crippen molar-refractivity contribution >= 4 is 5.78 Å². The molecule has 2 heterocycles. The SMILES string of the molecule is O=C1c2ccccc2C(Cc2ccnc(C(F)(F)F)c2)(Cc2ccnc(C(F)(F)F)c2)c2ccccc21. The fourth-order valence-corrected chi connectivity index (χ4v) is 5.11. The highest BCUT2D eigenvalue weighted by atomic mass is 19.4. The molecule has 0 bridgehead atoms. The van der Waals surface area contributed by atoms with Gasteiger partial charge >= 0.3 is 12.4 Å². The van der Waals surface area contributed by atoms with E-state index in [0.29, 0.717) is 22.3 Å². The lowest BCUT2D eigenvalue weighted by Crippen LogP contribution is -2.40. The maximum Gasteiger partial charge on any atom is 0.433 e. The average Bonchev–Trinajstić information content (AvgIpc) is 2.87. The van der Waals surface area contributed by atoms with Gasteiger partial charge in [0.05, 0.1) is 0 Å². The zero-order valence-electron chi connectivity index (χ0n) is 19.1. The van der Waals surface area contributed by atoms with Crippen molar-refractivity contribution in [1.82, 2.24) is 9.97 Å². The Kier molecular flexibility index (Phi) is 5.89. The maximum absolute atomic E-state index is 13.5. The number of rotatable bonds is 4.